The Labute approximate surface area is 120 Å². The summed E-state index contributed by atoms with van der Waals surface area (Å²) in [7, 11) is 0. The topological polar surface area (TPSA) is 43.4 Å². The van der Waals surface area contributed by atoms with Gasteiger partial charge in [0.2, 0.25) is 0 Å². The zero-order valence-electron chi connectivity index (χ0n) is 10.4. The molecule has 0 unspecified atom stereocenters. The van der Waals surface area contributed by atoms with Gasteiger partial charge in [0, 0.05) is 10.6 Å². The first-order chi connectivity index (χ1) is 9.17. The lowest BCUT2D eigenvalue weighted by molar-refractivity contribution is -0.138. The van der Waals surface area contributed by atoms with Crippen molar-refractivity contribution in [3.63, 3.8) is 0 Å². The Hall–Kier alpha value is -1.90. The Morgan fingerprint density at radius 2 is 2.05 bits per heavy atom. The molecule has 1 aromatic carbocycles. The molecule has 1 rings (SSSR count). The minimum atomic E-state index is -0.552. The highest BCUT2D eigenvalue weighted by Gasteiger charge is 2.07. The Morgan fingerprint density at radius 3 is 2.63 bits per heavy atom. The molecule has 0 amide bonds. The number of hydrogen-bond donors (Lipinski definition) is 0. The van der Waals surface area contributed by atoms with E-state index in [9.17, 15) is 9.59 Å². The monoisotopic (exact) mass is 320 g/mol. The van der Waals surface area contributed by atoms with Gasteiger partial charge in [-0.05, 0) is 24.6 Å². The molecular formula is C15H13BrO3. The van der Waals surface area contributed by atoms with Crippen molar-refractivity contribution >= 4 is 33.9 Å². The third kappa shape index (κ3) is 5.51. The largest absolute Gasteiger partial charge is 0.462 e. The smallest absolute Gasteiger partial charge is 0.338 e. The number of hydrogen-bond acceptors (Lipinski definition) is 3. The summed E-state index contributed by atoms with van der Waals surface area (Å²) in [5.74, 6) is 1.03. The van der Waals surface area contributed by atoms with Crippen molar-refractivity contribution in [3.05, 3.63) is 58.1 Å². The highest BCUT2D eigenvalue weighted by Crippen LogP contribution is 2.16. The first kappa shape index (κ1) is 15.2. The standard InChI is InChI=1S/C15H13BrO3/c1-2-19-15(18)13(8-9-17)11-14(16)10-12-6-4-3-5-7-12/h3-8,10-11H,2H2,1H3/b13-11+,14-10-. The van der Waals surface area contributed by atoms with Gasteiger partial charge in [-0.25, -0.2) is 9.59 Å². The normalized spacial score (nSPS) is 11.7. The van der Waals surface area contributed by atoms with E-state index >= 15 is 0 Å². The summed E-state index contributed by atoms with van der Waals surface area (Å²) in [6, 6.07) is 9.59. The van der Waals surface area contributed by atoms with E-state index < -0.39 is 5.97 Å². The number of rotatable bonds is 5. The fraction of sp³-hybridized carbons (Fsp3) is 0.133. The van der Waals surface area contributed by atoms with Crippen LogP contribution < -0.4 is 0 Å². The Morgan fingerprint density at radius 1 is 1.37 bits per heavy atom. The number of ether oxygens (including phenoxy) is 1. The van der Waals surface area contributed by atoms with Gasteiger partial charge in [-0.1, -0.05) is 46.3 Å². The van der Waals surface area contributed by atoms with Gasteiger partial charge in [-0.2, -0.15) is 0 Å². The van der Waals surface area contributed by atoms with Crippen LogP contribution in [0.1, 0.15) is 12.5 Å². The zero-order chi connectivity index (χ0) is 14.1. The molecule has 0 aromatic heterocycles. The van der Waals surface area contributed by atoms with Gasteiger partial charge >= 0.3 is 5.97 Å². The van der Waals surface area contributed by atoms with Gasteiger partial charge in [-0.3, -0.25) is 0 Å². The quantitative estimate of drug-likeness (QED) is 0.362. The predicted octanol–water partition coefficient (Wildman–Crippen LogP) is 3.30. The fourth-order valence-electron chi connectivity index (χ4n) is 1.34. The van der Waals surface area contributed by atoms with E-state index in [1.54, 1.807) is 12.9 Å². The Kier molecular flexibility index (Phi) is 6.58. The number of benzene rings is 1. The molecule has 0 saturated heterocycles. The maximum Gasteiger partial charge on any atom is 0.338 e. The zero-order valence-corrected chi connectivity index (χ0v) is 12.0. The number of carbonyl (C=O) groups is 1. The van der Waals surface area contributed by atoms with Gasteiger partial charge in [-0.15, -0.1) is 0 Å². The molecule has 0 fully saturated rings. The lowest BCUT2D eigenvalue weighted by Gasteiger charge is -2.01. The molecule has 0 saturated carbocycles. The van der Waals surface area contributed by atoms with E-state index in [1.807, 2.05) is 36.4 Å². The van der Waals surface area contributed by atoms with Gasteiger partial charge in [0.1, 0.15) is 5.94 Å². The summed E-state index contributed by atoms with van der Waals surface area (Å²) in [5, 5.41) is 0. The molecule has 0 spiro atoms. The number of esters is 1. The molecule has 0 aliphatic rings. The van der Waals surface area contributed by atoms with Crippen LogP contribution in [0, 0.1) is 0 Å². The average Bonchev–Trinajstić information content (AvgIpc) is 2.39. The molecule has 19 heavy (non-hydrogen) atoms. The van der Waals surface area contributed by atoms with E-state index in [2.05, 4.69) is 15.9 Å². The second-order valence-corrected chi connectivity index (χ2v) is 4.44. The molecule has 98 valence electrons. The molecule has 0 radical (unpaired) electrons. The van der Waals surface area contributed by atoms with Crippen molar-refractivity contribution in [1.82, 2.24) is 0 Å². The molecule has 0 bridgehead atoms. The van der Waals surface area contributed by atoms with Gasteiger partial charge in [0.25, 0.3) is 0 Å². The van der Waals surface area contributed by atoms with Crippen LogP contribution in [-0.2, 0) is 14.3 Å². The third-order valence-electron chi connectivity index (χ3n) is 2.12. The highest BCUT2D eigenvalue weighted by atomic mass is 79.9. The second-order valence-electron chi connectivity index (χ2n) is 3.52. The van der Waals surface area contributed by atoms with Crippen LogP contribution in [0.3, 0.4) is 0 Å². The van der Waals surface area contributed by atoms with Gasteiger partial charge < -0.3 is 4.74 Å². The molecule has 0 N–H and O–H groups in total. The summed E-state index contributed by atoms with van der Waals surface area (Å²) >= 11 is 3.33. The molecule has 3 nitrogen and oxygen atoms in total. The van der Waals surface area contributed by atoms with Crippen LogP contribution in [-0.4, -0.2) is 18.5 Å². The van der Waals surface area contributed by atoms with E-state index in [4.69, 9.17) is 4.74 Å². The first-order valence-corrected chi connectivity index (χ1v) is 6.48. The Bertz CT molecular complexity index is 538. The second kappa shape index (κ2) is 8.25. The van der Waals surface area contributed by atoms with Crippen LogP contribution in [0.25, 0.3) is 6.08 Å². The van der Waals surface area contributed by atoms with Crippen LogP contribution in [0.2, 0.25) is 0 Å². The van der Waals surface area contributed by atoms with Gasteiger partial charge in [0.15, 0.2) is 0 Å². The molecule has 0 aliphatic heterocycles. The minimum Gasteiger partial charge on any atom is -0.462 e. The minimum absolute atomic E-state index is 0.149. The van der Waals surface area contributed by atoms with E-state index in [0.717, 1.165) is 11.6 Å². The summed E-state index contributed by atoms with van der Waals surface area (Å²) in [5.41, 5.74) is 1.12. The molecule has 0 heterocycles. The van der Waals surface area contributed by atoms with Gasteiger partial charge in [0.05, 0.1) is 12.2 Å². The summed E-state index contributed by atoms with van der Waals surface area (Å²) < 4.78 is 5.50. The first-order valence-electron chi connectivity index (χ1n) is 5.69. The maximum atomic E-state index is 11.6. The molecule has 0 aliphatic carbocycles. The molecular weight excluding hydrogens is 308 g/mol. The van der Waals surface area contributed by atoms with Crippen molar-refractivity contribution in [1.29, 1.82) is 0 Å². The van der Waals surface area contributed by atoms with Crippen molar-refractivity contribution in [2.75, 3.05) is 6.61 Å². The highest BCUT2D eigenvalue weighted by molar-refractivity contribution is 9.12. The number of allylic oxidation sites excluding steroid dienone is 2. The van der Waals surface area contributed by atoms with Crippen LogP contribution in [0.5, 0.6) is 0 Å². The molecule has 4 heteroatoms. The van der Waals surface area contributed by atoms with E-state index in [1.165, 1.54) is 6.08 Å². The summed E-state index contributed by atoms with van der Waals surface area (Å²) in [4.78, 5) is 22.0. The summed E-state index contributed by atoms with van der Waals surface area (Å²) in [6.07, 6.45) is 4.41. The van der Waals surface area contributed by atoms with Crippen LogP contribution >= 0.6 is 15.9 Å². The number of halogens is 1. The van der Waals surface area contributed by atoms with Crippen LogP contribution in [0.4, 0.5) is 0 Å². The lowest BCUT2D eigenvalue weighted by atomic mass is 10.2. The number of carbonyl (C=O) groups excluding carboxylic acids is 2. The van der Waals surface area contributed by atoms with Crippen molar-refractivity contribution < 1.29 is 14.3 Å². The van der Waals surface area contributed by atoms with E-state index in [-0.39, 0.29) is 12.2 Å². The Balaban J connectivity index is 2.98. The molecule has 1 aromatic rings. The van der Waals surface area contributed by atoms with Crippen molar-refractivity contribution in [2.24, 2.45) is 0 Å². The van der Waals surface area contributed by atoms with E-state index in [0.29, 0.717) is 4.48 Å². The third-order valence-corrected chi connectivity index (χ3v) is 2.58. The lowest BCUT2D eigenvalue weighted by Crippen LogP contribution is -2.06. The average molecular weight is 321 g/mol. The van der Waals surface area contributed by atoms with Crippen molar-refractivity contribution in [3.8, 4) is 0 Å². The summed E-state index contributed by atoms with van der Waals surface area (Å²) in [6.45, 7) is 1.96. The predicted molar refractivity (Wildman–Crippen MR) is 78.3 cm³/mol. The molecule has 0 atom stereocenters. The SMILES string of the molecule is CCOC(=O)/C(C=C=O)=C/C(Br)=C/c1ccccc1. The fourth-order valence-corrected chi connectivity index (χ4v) is 1.85. The van der Waals surface area contributed by atoms with Crippen LogP contribution in [0.15, 0.2) is 52.5 Å². The van der Waals surface area contributed by atoms with Crippen molar-refractivity contribution in [2.45, 2.75) is 6.92 Å². The maximum absolute atomic E-state index is 11.6.